The zero-order valence-electron chi connectivity index (χ0n) is 13.2. The molecule has 0 bridgehead atoms. The van der Waals surface area contributed by atoms with E-state index >= 15 is 0 Å². The van der Waals surface area contributed by atoms with Gasteiger partial charge in [0, 0.05) is 6.04 Å². The Bertz CT molecular complexity index is 506. The van der Waals surface area contributed by atoms with Gasteiger partial charge in [-0.1, -0.05) is 32.9 Å². The molecule has 0 aromatic heterocycles. The smallest absolute Gasteiger partial charge is 0.182 e. The van der Waals surface area contributed by atoms with Crippen molar-refractivity contribution in [3.63, 3.8) is 0 Å². The van der Waals surface area contributed by atoms with Crippen molar-refractivity contribution in [1.29, 1.82) is 0 Å². The van der Waals surface area contributed by atoms with Gasteiger partial charge in [0.15, 0.2) is 9.84 Å². The normalized spacial score (nSPS) is 15.3. The Balaban J connectivity index is 2.92. The molecule has 2 atom stereocenters. The Morgan fingerprint density at radius 1 is 1.05 bits per heavy atom. The lowest BCUT2D eigenvalue weighted by Gasteiger charge is -2.21. The summed E-state index contributed by atoms with van der Waals surface area (Å²) in [6.45, 7) is 10.8. The molecule has 20 heavy (non-hydrogen) atoms. The predicted molar refractivity (Wildman–Crippen MR) is 84.9 cm³/mol. The topological polar surface area (TPSA) is 46.2 Å². The van der Waals surface area contributed by atoms with Crippen molar-refractivity contribution < 1.29 is 8.42 Å². The minimum atomic E-state index is -3.27. The van der Waals surface area contributed by atoms with Crippen molar-refractivity contribution >= 4 is 9.84 Å². The lowest BCUT2D eigenvalue weighted by Crippen LogP contribution is -2.40. The van der Waals surface area contributed by atoms with E-state index in [1.54, 1.807) is 19.1 Å². The molecule has 0 saturated heterocycles. The highest BCUT2D eigenvalue weighted by Crippen LogP contribution is 2.21. The average molecular weight is 297 g/mol. The van der Waals surface area contributed by atoms with Gasteiger partial charge in [0.25, 0.3) is 0 Å². The maximum absolute atomic E-state index is 12.6. The minimum Gasteiger partial charge on any atom is -0.313 e. The summed E-state index contributed by atoms with van der Waals surface area (Å²) < 4.78 is 25.2. The summed E-state index contributed by atoms with van der Waals surface area (Å²) >= 11 is 0. The highest BCUT2D eigenvalue weighted by molar-refractivity contribution is 7.92. The molecule has 3 nitrogen and oxygen atoms in total. The van der Waals surface area contributed by atoms with Gasteiger partial charge in [0.05, 0.1) is 10.1 Å². The van der Waals surface area contributed by atoms with Crippen LogP contribution in [0.3, 0.4) is 0 Å². The molecule has 1 aromatic rings. The largest absolute Gasteiger partial charge is 0.313 e. The highest BCUT2D eigenvalue weighted by Gasteiger charge is 2.27. The fourth-order valence-electron chi connectivity index (χ4n) is 2.06. The number of hydrogen-bond acceptors (Lipinski definition) is 3. The fraction of sp³-hybridized carbons (Fsp3) is 0.625. The van der Waals surface area contributed by atoms with Crippen LogP contribution in [0.25, 0.3) is 0 Å². The molecule has 1 aromatic carbocycles. The SMILES string of the molecule is CCCNC(C)C(C)S(=O)(=O)c1ccc(C(C)C)cc1. The quantitative estimate of drug-likeness (QED) is 0.839. The van der Waals surface area contributed by atoms with E-state index in [-0.39, 0.29) is 6.04 Å². The van der Waals surface area contributed by atoms with Gasteiger partial charge < -0.3 is 5.32 Å². The van der Waals surface area contributed by atoms with E-state index in [9.17, 15) is 8.42 Å². The molecule has 0 heterocycles. The van der Waals surface area contributed by atoms with Crippen molar-refractivity contribution in [1.82, 2.24) is 5.32 Å². The third kappa shape index (κ3) is 4.06. The Kier molecular flexibility index (Phi) is 6.21. The van der Waals surface area contributed by atoms with E-state index in [4.69, 9.17) is 0 Å². The lowest BCUT2D eigenvalue weighted by molar-refractivity contribution is 0.509. The Morgan fingerprint density at radius 3 is 2.05 bits per heavy atom. The van der Waals surface area contributed by atoms with E-state index in [1.807, 2.05) is 19.1 Å². The number of nitrogens with one attached hydrogen (secondary N) is 1. The fourth-order valence-corrected chi connectivity index (χ4v) is 3.64. The van der Waals surface area contributed by atoms with Crippen LogP contribution in [0.2, 0.25) is 0 Å². The molecular formula is C16H27NO2S. The van der Waals surface area contributed by atoms with Crippen molar-refractivity contribution in [3.05, 3.63) is 29.8 Å². The van der Waals surface area contributed by atoms with E-state index in [1.165, 1.54) is 0 Å². The minimum absolute atomic E-state index is 0.0512. The molecule has 1 rings (SSSR count). The van der Waals surface area contributed by atoms with E-state index in [0.29, 0.717) is 10.8 Å². The second-order valence-corrected chi connectivity index (χ2v) is 8.02. The van der Waals surface area contributed by atoms with Crippen LogP contribution in [0.15, 0.2) is 29.2 Å². The van der Waals surface area contributed by atoms with Gasteiger partial charge in [-0.25, -0.2) is 8.42 Å². The third-order valence-corrected chi connectivity index (χ3v) is 6.10. The van der Waals surface area contributed by atoms with Crippen LogP contribution >= 0.6 is 0 Å². The van der Waals surface area contributed by atoms with Gasteiger partial charge in [0.2, 0.25) is 0 Å². The standard InChI is InChI=1S/C16H27NO2S/c1-6-11-17-13(4)14(5)20(18,19)16-9-7-15(8-10-16)12(2)3/h7-10,12-14,17H,6,11H2,1-5H3. The summed E-state index contributed by atoms with van der Waals surface area (Å²) in [5.41, 5.74) is 1.16. The van der Waals surface area contributed by atoms with Gasteiger partial charge in [0.1, 0.15) is 0 Å². The van der Waals surface area contributed by atoms with Crippen LogP contribution in [-0.2, 0) is 9.84 Å². The van der Waals surface area contributed by atoms with Gasteiger partial charge in [-0.3, -0.25) is 0 Å². The van der Waals surface area contributed by atoms with E-state index in [2.05, 4.69) is 26.1 Å². The second-order valence-electron chi connectivity index (χ2n) is 5.72. The molecule has 4 heteroatoms. The van der Waals surface area contributed by atoms with E-state index < -0.39 is 15.1 Å². The van der Waals surface area contributed by atoms with Gasteiger partial charge in [-0.2, -0.15) is 0 Å². The molecule has 0 aliphatic heterocycles. The molecule has 2 unspecified atom stereocenters. The first-order chi connectivity index (χ1) is 9.30. The molecular weight excluding hydrogens is 270 g/mol. The van der Waals surface area contributed by atoms with Gasteiger partial charge >= 0.3 is 0 Å². The molecule has 0 aliphatic rings. The number of hydrogen-bond donors (Lipinski definition) is 1. The Hall–Kier alpha value is -0.870. The number of rotatable bonds is 7. The molecule has 1 N–H and O–H groups in total. The first-order valence-electron chi connectivity index (χ1n) is 7.38. The van der Waals surface area contributed by atoms with Crippen molar-refractivity contribution in [2.75, 3.05) is 6.54 Å². The zero-order valence-corrected chi connectivity index (χ0v) is 14.0. The second kappa shape index (κ2) is 7.23. The van der Waals surface area contributed by atoms with Crippen LogP contribution in [0.5, 0.6) is 0 Å². The van der Waals surface area contributed by atoms with Gasteiger partial charge in [-0.15, -0.1) is 0 Å². The summed E-state index contributed by atoms with van der Waals surface area (Å²) in [6.07, 6.45) is 1.00. The molecule has 0 radical (unpaired) electrons. The third-order valence-electron chi connectivity index (χ3n) is 3.79. The number of benzene rings is 1. The lowest BCUT2D eigenvalue weighted by atomic mass is 10.0. The Morgan fingerprint density at radius 2 is 1.60 bits per heavy atom. The molecule has 114 valence electrons. The van der Waals surface area contributed by atoms with Crippen molar-refractivity contribution in [2.24, 2.45) is 0 Å². The first-order valence-corrected chi connectivity index (χ1v) is 8.92. The zero-order chi connectivity index (χ0) is 15.3. The van der Waals surface area contributed by atoms with Gasteiger partial charge in [-0.05, 0) is 50.4 Å². The maximum atomic E-state index is 12.6. The summed E-state index contributed by atoms with van der Waals surface area (Å²) in [4.78, 5) is 0.416. The molecule has 0 amide bonds. The average Bonchev–Trinajstić information content (AvgIpc) is 2.43. The Labute approximate surface area is 123 Å². The highest BCUT2D eigenvalue weighted by atomic mass is 32.2. The number of sulfone groups is 1. The van der Waals surface area contributed by atoms with E-state index in [0.717, 1.165) is 18.5 Å². The van der Waals surface area contributed by atoms with Crippen LogP contribution in [-0.4, -0.2) is 26.3 Å². The maximum Gasteiger partial charge on any atom is 0.182 e. The van der Waals surface area contributed by atoms with Crippen LogP contribution < -0.4 is 5.32 Å². The predicted octanol–water partition coefficient (Wildman–Crippen LogP) is 3.36. The summed E-state index contributed by atoms with van der Waals surface area (Å²) in [5, 5.41) is 2.83. The van der Waals surface area contributed by atoms with Crippen LogP contribution in [0.4, 0.5) is 0 Å². The van der Waals surface area contributed by atoms with Crippen molar-refractivity contribution in [2.45, 2.75) is 63.1 Å². The summed E-state index contributed by atoms with van der Waals surface area (Å²) in [7, 11) is -3.27. The molecule has 0 spiro atoms. The van der Waals surface area contributed by atoms with Crippen LogP contribution in [0, 0.1) is 0 Å². The molecule has 0 aliphatic carbocycles. The molecule has 0 saturated carbocycles. The monoisotopic (exact) mass is 297 g/mol. The summed E-state index contributed by atoms with van der Waals surface area (Å²) in [6, 6.07) is 7.23. The van der Waals surface area contributed by atoms with Crippen molar-refractivity contribution in [3.8, 4) is 0 Å². The molecule has 0 fully saturated rings. The first kappa shape index (κ1) is 17.2. The summed E-state index contributed by atoms with van der Waals surface area (Å²) in [5.74, 6) is 0.411. The van der Waals surface area contributed by atoms with Crippen LogP contribution in [0.1, 0.15) is 52.5 Å².